The van der Waals surface area contributed by atoms with Crippen LogP contribution < -0.4 is 0 Å². The maximum Gasteiger partial charge on any atom is 0.196 e. The Kier molecular flexibility index (Phi) is 5.53. The minimum absolute atomic E-state index is 0.220. The fourth-order valence-corrected chi connectivity index (χ4v) is 3.99. The van der Waals surface area contributed by atoms with E-state index < -0.39 is 0 Å². The van der Waals surface area contributed by atoms with E-state index in [0.717, 1.165) is 22.2 Å². The molecule has 0 fully saturated rings. The molecule has 0 atom stereocenters. The topological polar surface area (TPSA) is 30.7 Å². The fraction of sp³-hybridized carbons (Fsp3) is 0.130. The number of rotatable bonds is 6. The highest BCUT2D eigenvalue weighted by atomic mass is 32.2. The number of hydrogen-bond donors (Lipinski definition) is 0. The zero-order valence-corrected chi connectivity index (χ0v) is 16.4. The van der Waals surface area contributed by atoms with Gasteiger partial charge in [0.25, 0.3) is 0 Å². The number of thioether (sulfide) groups is 1. The van der Waals surface area contributed by atoms with Gasteiger partial charge in [0.15, 0.2) is 5.16 Å². The number of aromatic nitrogens is 3. The van der Waals surface area contributed by atoms with Crippen molar-refractivity contribution in [2.75, 3.05) is 0 Å². The molecule has 3 nitrogen and oxygen atoms in total. The SMILES string of the molecule is Cc1ccccc1-n1c(Cc2ccccc2)nnc1SCc1ccc(F)cc1. The predicted octanol–water partition coefficient (Wildman–Crippen LogP) is 5.60. The molecule has 0 unspecified atom stereocenters. The monoisotopic (exact) mass is 389 g/mol. The van der Waals surface area contributed by atoms with Crippen LogP contribution in [-0.4, -0.2) is 14.8 Å². The summed E-state index contributed by atoms with van der Waals surface area (Å²) >= 11 is 1.61. The first-order valence-electron chi connectivity index (χ1n) is 9.12. The van der Waals surface area contributed by atoms with E-state index >= 15 is 0 Å². The third-order valence-electron chi connectivity index (χ3n) is 4.54. The van der Waals surface area contributed by atoms with E-state index in [4.69, 9.17) is 0 Å². The zero-order valence-electron chi connectivity index (χ0n) is 15.5. The fourth-order valence-electron chi connectivity index (χ4n) is 3.07. The second kappa shape index (κ2) is 8.40. The van der Waals surface area contributed by atoms with Crippen LogP contribution in [0.2, 0.25) is 0 Å². The lowest BCUT2D eigenvalue weighted by Gasteiger charge is -2.13. The number of halogens is 1. The van der Waals surface area contributed by atoms with Crippen LogP contribution in [0.25, 0.3) is 5.69 Å². The van der Waals surface area contributed by atoms with E-state index in [-0.39, 0.29) is 5.82 Å². The standard InChI is InChI=1S/C23H20FN3S/c1-17-7-5-6-10-21(17)27-22(15-18-8-3-2-4-9-18)25-26-23(27)28-16-19-11-13-20(24)14-12-19/h2-14H,15-16H2,1H3. The first kappa shape index (κ1) is 18.4. The largest absolute Gasteiger partial charge is 0.273 e. The summed E-state index contributed by atoms with van der Waals surface area (Å²) in [5, 5.41) is 9.79. The van der Waals surface area contributed by atoms with Gasteiger partial charge in [0.1, 0.15) is 11.6 Å². The molecule has 0 radical (unpaired) electrons. The van der Waals surface area contributed by atoms with E-state index in [1.165, 1.54) is 23.3 Å². The van der Waals surface area contributed by atoms with Gasteiger partial charge in [0.05, 0.1) is 5.69 Å². The average molecular weight is 389 g/mol. The molecule has 0 saturated heterocycles. The van der Waals surface area contributed by atoms with Gasteiger partial charge in [-0.1, -0.05) is 72.4 Å². The Morgan fingerprint density at radius 1 is 0.821 bits per heavy atom. The molecule has 1 aromatic heterocycles. The smallest absolute Gasteiger partial charge is 0.196 e. The lowest BCUT2D eigenvalue weighted by atomic mass is 10.1. The molecule has 0 bridgehead atoms. The van der Waals surface area contributed by atoms with Gasteiger partial charge in [-0.05, 0) is 41.8 Å². The van der Waals surface area contributed by atoms with Crippen LogP contribution in [0.1, 0.15) is 22.5 Å². The molecule has 0 spiro atoms. The van der Waals surface area contributed by atoms with Crippen molar-refractivity contribution < 1.29 is 4.39 Å². The number of aryl methyl sites for hydroxylation is 1. The molecule has 140 valence electrons. The Hall–Kier alpha value is -2.92. The van der Waals surface area contributed by atoms with Crippen molar-refractivity contribution in [3.05, 3.63) is 107 Å². The Morgan fingerprint density at radius 3 is 2.29 bits per heavy atom. The van der Waals surface area contributed by atoms with Gasteiger partial charge in [-0.2, -0.15) is 0 Å². The molecule has 0 amide bonds. The van der Waals surface area contributed by atoms with Crippen molar-refractivity contribution in [3.8, 4) is 5.69 Å². The van der Waals surface area contributed by atoms with Gasteiger partial charge >= 0.3 is 0 Å². The van der Waals surface area contributed by atoms with Crippen LogP contribution in [0, 0.1) is 12.7 Å². The van der Waals surface area contributed by atoms with Crippen molar-refractivity contribution in [2.45, 2.75) is 24.3 Å². The summed E-state index contributed by atoms with van der Waals surface area (Å²) in [6, 6.07) is 25.1. The summed E-state index contributed by atoms with van der Waals surface area (Å²) in [6.07, 6.45) is 0.708. The molecule has 3 aromatic carbocycles. The number of benzene rings is 3. The number of para-hydroxylation sites is 1. The highest BCUT2D eigenvalue weighted by Gasteiger charge is 2.16. The first-order valence-corrected chi connectivity index (χ1v) is 10.1. The minimum atomic E-state index is -0.220. The molecule has 4 aromatic rings. The molecule has 5 heteroatoms. The summed E-state index contributed by atoms with van der Waals surface area (Å²) in [6.45, 7) is 2.09. The molecule has 0 aliphatic rings. The van der Waals surface area contributed by atoms with Gasteiger partial charge in [0.2, 0.25) is 0 Å². The van der Waals surface area contributed by atoms with Crippen LogP contribution in [-0.2, 0) is 12.2 Å². The average Bonchev–Trinajstić information content (AvgIpc) is 3.11. The van der Waals surface area contributed by atoms with Crippen LogP contribution in [0.15, 0.2) is 84.0 Å². The van der Waals surface area contributed by atoms with Gasteiger partial charge in [-0.15, -0.1) is 10.2 Å². The molecule has 0 saturated carbocycles. The van der Waals surface area contributed by atoms with Crippen LogP contribution >= 0.6 is 11.8 Å². The van der Waals surface area contributed by atoms with Crippen LogP contribution in [0.3, 0.4) is 0 Å². The van der Waals surface area contributed by atoms with Crippen molar-refractivity contribution in [1.82, 2.24) is 14.8 Å². The summed E-state index contributed by atoms with van der Waals surface area (Å²) in [4.78, 5) is 0. The Labute approximate surface area is 168 Å². The Bertz CT molecular complexity index is 1060. The summed E-state index contributed by atoms with van der Waals surface area (Å²) in [5.74, 6) is 1.39. The Morgan fingerprint density at radius 2 is 1.54 bits per heavy atom. The normalized spacial score (nSPS) is 10.9. The van der Waals surface area contributed by atoms with Crippen molar-refractivity contribution in [2.24, 2.45) is 0 Å². The molecule has 0 aliphatic carbocycles. The lowest BCUT2D eigenvalue weighted by molar-refractivity contribution is 0.627. The third kappa shape index (κ3) is 4.15. The molecule has 1 heterocycles. The van der Waals surface area contributed by atoms with Crippen LogP contribution in [0.4, 0.5) is 4.39 Å². The van der Waals surface area contributed by atoms with Gasteiger partial charge < -0.3 is 0 Å². The molecule has 4 rings (SSSR count). The summed E-state index contributed by atoms with van der Waals surface area (Å²) in [5.41, 5.74) is 4.50. The van der Waals surface area contributed by atoms with Gasteiger partial charge in [0, 0.05) is 12.2 Å². The molecule has 0 aliphatic heterocycles. The van der Waals surface area contributed by atoms with Gasteiger partial charge in [-0.3, -0.25) is 4.57 Å². The second-order valence-corrected chi connectivity index (χ2v) is 7.54. The maximum absolute atomic E-state index is 13.2. The molecule has 28 heavy (non-hydrogen) atoms. The molecular weight excluding hydrogens is 369 g/mol. The minimum Gasteiger partial charge on any atom is -0.273 e. The second-order valence-electron chi connectivity index (χ2n) is 6.60. The van der Waals surface area contributed by atoms with E-state index in [0.29, 0.717) is 12.2 Å². The summed E-state index contributed by atoms with van der Waals surface area (Å²) < 4.78 is 15.3. The van der Waals surface area contributed by atoms with E-state index in [1.807, 2.05) is 42.5 Å². The highest BCUT2D eigenvalue weighted by Crippen LogP contribution is 2.27. The first-order chi connectivity index (χ1) is 13.7. The van der Waals surface area contributed by atoms with Crippen LogP contribution in [0.5, 0.6) is 0 Å². The lowest BCUT2D eigenvalue weighted by Crippen LogP contribution is -2.05. The van der Waals surface area contributed by atoms with Crippen molar-refractivity contribution >= 4 is 11.8 Å². The van der Waals surface area contributed by atoms with E-state index in [9.17, 15) is 4.39 Å². The summed E-state index contributed by atoms with van der Waals surface area (Å²) in [7, 11) is 0. The van der Waals surface area contributed by atoms with Crippen molar-refractivity contribution in [3.63, 3.8) is 0 Å². The quantitative estimate of drug-likeness (QED) is 0.402. The van der Waals surface area contributed by atoms with Crippen molar-refractivity contribution in [1.29, 1.82) is 0 Å². The van der Waals surface area contributed by atoms with Gasteiger partial charge in [-0.25, -0.2) is 4.39 Å². The maximum atomic E-state index is 13.2. The zero-order chi connectivity index (χ0) is 19.3. The van der Waals surface area contributed by atoms with E-state index in [2.05, 4.69) is 46.0 Å². The van der Waals surface area contributed by atoms with E-state index in [1.54, 1.807) is 11.8 Å². The molecular formula is C23H20FN3S. The molecule has 0 N–H and O–H groups in total. The Balaban J connectivity index is 1.67. The number of nitrogens with zero attached hydrogens (tertiary/aromatic N) is 3. The number of hydrogen-bond acceptors (Lipinski definition) is 3. The third-order valence-corrected chi connectivity index (χ3v) is 5.54. The highest BCUT2D eigenvalue weighted by molar-refractivity contribution is 7.98. The predicted molar refractivity (Wildman–Crippen MR) is 111 cm³/mol.